The summed E-state index contributed by atoms with van der Waals surface area (Å²) in [5, 5.41) is 2.82. The van der Waals surface area contributed by atoms with Crippen LogP contribution in [0.5, 0.6) is 0 Å². The van der Waals surface area contributed by atoms with E-state index in [-0.39, 0.29) is 0 Å². The van der Waals surface area contributed by atoms with Crippen LogP contribution >= 0.6 is 0 Å². The predicted molar refractivity (Wildman–Crippen MR) is 93.4 cm³/mol. The molecular weight excluding hydrogens is 266 g/mol. The Bertz CT molecular complexity index is 1070. The third kappa shape index (κ3) is 1.38. The van der Waals surface area contributed by atoms with Crippen LogP contribution in [-0.4, -0.2) is 4.57 Å². The normalized spacial score (nSPS) is 12.8. The second-order valence-corrected chi connectivity index (χ2v) is 6.40. The van der Waals surface area contributed by atoms with Gasteiger partial charge in [-0.15, -0.1) is 0 Å². The van der Waals surface area contributed by atoms with Gasteiger partial charge in [0.15, 0.2) is 0 Å². The van der Waals surface area contributed by atoms with Gasteiger partial charge in [0.1, 0.15) is 0 Å². The van der Waals surface area contributed by atoms with E-state index in [1.165, 1.54) is 49.6 Å². The highest BCUT2D eigenvalue weighted by atomic mass is 14.9. The van der Waals surface area contributed by atoms with Crippen molar-refractivity contribution in [2.24, 2.45) is 7.05 Å². The molecule has 0 spiro atoms. The number of rotatable bonds is 0. The molecule has 0 amide bonds. The second-order valence-electron chi connectivity index (χ2n) is 6.40. The molecule has 5 rings (SSSR count). The highest BCUT2D eigenvalue weighted by Gasteiger charge is 2.22. The summed E-state index contributed by atoms with van der Waals surface area (Å²) in [4.78, 5) is 0. The van der Waals surface area contributed by atoms with E-state index in [0.29, 0.717) is 0 Å². The number of nitrogens with zero attached hydrogens (tertiary/aromatic N) is 1. The molecule has 0 unspecified atom stereocenters. The second kappa shape index (κ2) is 4.01. The van der Waals surface area contributed by atoms with Gasteiger partial charge < -0.3 is 4.57 Å². The smallest absolute Gasteiger partial charge is 0.0492 e. The molecule has 3 aromatic carbocycles. The quantitative estimate of drug-likeness (QED) is 0.367. The molecule has 1 aromatic heterocycles. The lowest BCUT2D eigenvalue weighted by molar-refractivity contribution is 1.01. The average Bonchev–Trinajstić information content (AvgIpc) is 3.04. The van der Waals surface area contributed by atoms with E-state index in [4.69, 9.17) is 0 Å². The lowest BCUT2D eigenvalue weighted by atomic mass is 10.0. The highest BCUT2D eigenvalue weighted by molar-refractivity contribution is 6.12. The van der Waals surface area contributed by atoms with Crippen molar-refractivity contribution < 1.29 is 0 Å². The number of aromatic nitrogens is 1. The minimum absolute atomic E-state index is 1.05. The van der Waals surface area contributed by atoms with Crippen molar-refractivity contribution in [2.75, 3.05) is 0 Å². The van der Waals surface area contributed by atoms with Crippen molar-refractivity contribution in [1.82, 2.24) is 4.57 Å². The van der Waals surface area contributed by atoms with Crippen molar-refractivity contribution in [3.05, 3.63) is 71.3 Å². The summed E-state index contributed by atoms with van der Waals surface area (Å²) in [5.41, 5.74) is 9.76. The number of fused-ring (bicyclic) bond motifs is 7. The summed E-state index contributed by atoms with van der Waals surface area (Å²) in [6.45, 7) is 2.16. The number of benzene rings is 3. The first-order chi connectivity index (χ1) is 10.7. The third-order valence-electron chi connectivity index (χ3n) is 5.11. The molecule has 0 radical (unpaired) electrons. The molecule has 0 bridgehead atoms. The first-order valence-electron chi connectivity index (χ1n) is 7.83. The average molecular weight is 283 g/mol. The Morgan fingerprint density at radius 1 is 0.864 bits per heavy atom. The lowest BCUT2D eigenvalue weighted by Gasteiger charge is -2.03. The molecule has 0 atom stereocenters. The molecule has 1 aliphatic rings. The largest absolute Gasteiger partial charge is 0.344 e. The number of aryl methyl sites for hydroxylation is 2. The predicted octanol–water partition coefficient (Wildman–Crippen LogP) is 5.21. The molecule has 1 heteroatoms. The molecule has 0 saturated carbocycles. The fourth-order valence-electron chi connectivity index (χ4n) is 4.04. The summed E-state index contributed by atoms with van der Waals surface area (Å²) in [6.07, 6.45) is 1.05. The van der Waals surface area contributed by atoms with Gasteiger partial charge in [-0.25, -0.2) is 0 Å². The molecule has 0 aliphatic heterocycles. The van der Waals surface area contributed by atoms with Crippen molar-refractivity contribution in [1.29, 1.82) is 0 Å². The van der Waals surface area contributed by atoms with Gasteiger partial charge in [-0.2, -0.15) is 0 Å². The zero-order chi connectivity index (χ0) is 14.8. The zero-order valence-corrected chi connectivity index (χ0v) is 12.9. The van der Waals surface area contributed by atoms with Gasteiger partial charge in [-0.3, -0.25) is 0 Å². The van der Waals surface area contributed by atoms with Gasteiger partial charge in [-0.1, -0.05) is 42.5 Å². The Labute approximate surface area is 129 Å². The van der Waals surface area contributed by atoms with Crippen molar-refractivity contribution in [2.45, 2.75) is 13.3 Å². The van der Waals surface area contributed by atoms with Crippen LogP contribution < -0.4 is 0 Å². The van der Waals surface area contributed by atoms with E-state index in [9.17, 15) is 0 Å². The van der Waals surface area contributed by atoms with Crippen LogP contribution in [-0.2, 0) is 13.5 Å². The summed E-state index contributed by atoms with van der Waals surface area (Å²) >= 11 is 0. The Morgan fingerprint density at radius 2 is 1.73 bits per heavy atom. The Kier molecular flexibility index (Phi) is 2.20. The summed E-state index contributed by atoms with van der Waals surface area (Å²) in [6, 6.07) is 20.2. The first-order valence-corrected chi connectivity index (χ1v) is 7.83. The van der Waals surface area contributed by atoms with Crippen LogP contribution in [0.25, 0.3) is 32.9 Å². The standard InChI is InChI=1S/C21H17N/c1-13-7-8-17-20(11-13)22(2)19-10-9-16-15-6-4-3-5-14(15)12-18(16)21(17)19/h3-11H,12H2,1-2H3. The van der Waals surface area contributed by atoms with E-state index in [1.54, 1.807) is 0 Å². The van der Waals surface area contributed by atoms with Crippen molar-refractivity contribution >= 4 is 21.8 Å². The van der Waals surface area contributed by atoms with Gasteiger partial charge in [0.25, 0.3) is 0 Å². The maximum Gasteiger partial charge on any atom is 0.0492 e. The van der Waals surface area contributed by atoms with Crippen LogP contribution in [0.15, 0.2) is 54.6 Å². The molecule has 0 fully saturated rings. The van der Waals surface area contributed by atoms with E-state index >= 15 is 0 Å². The molecule has 1 heterocycles. The minimum atomic E-state index is 1.05. The van der Waals surface area contributed by atoms with Crippen LogP contribution in [0.1, 0.15) is 16.7 Å². The van der Waals surface area contributed by atoms with Gasteiger partial charge >= 0.3 is 0 Å². The summed E-state index contributed by atoms with van der Waals surface area (Å²) < 4.78 is 2.33. The maximum atomic E-state index is 2.33. The van der Waals surface area contributed by atoms with Crippen molar-refractivity contribution in [3.8, 4) is 11.1 Å². The van der Waals surface area contributed by atoms with Crippen LogP contribution in [0, 0.1) is 6.92 Å². The fraction of sp³-hybridized carbons (Fsp3) is 0.143. The molecule has 22 heavy (non-hydrogen) atoms. The molecule has 1 nitrogen and oxygen atoms in total. The summed E-state index contributed by atoms with van der Waals surface area (Å²) in [5.74, 6) is 0. The monoisotopic (exact) mass is 283 g/mol. The molecule has 1 aliphatic carbocycles. The van der Waals surface area contributed by atoms with Gasteiger partial charge in [0, 0.05) is 28.9 Å². The molecule has 0 saturated heterocycles. The number of hydrogen-bond acceptors (Lipinski definition) is 0. The topological polar surface area (TPSA) is 4.93 Å². The van der Waals surface area contributed by atoms with Crippen LogP contribution in [0.4, 0.5) is 0 Å². The van der Waals surface area contributed by atoms with E-state index in [0.717, 1.165) is 6.42 Å². The van der Waals surface area contributed by atoms with Crippen molar-refractivity contribution in [3.63, 3.8) is 0 Å². The molecular formula is C21H17N. The van der Waals surface area contributed by atoms with Crippen LogP contribution in [0.3, 0.4) is 0 Å². The zero-order valence-electron chi connectivity index (χ0n) is 12.9. The lowest BCUT2D eigenvalue weighted by Crippen LogP contribution is -1.88. The molecule has 106 valence electrons. The van der Waals surface area contributed by atoms with E-state index in [1.807, 2.05) is 0 Å². The molecule has 0 N–H and O–H groups in total. The Hall–Kier alpha value is -2.54. The maximum absolute atomic E-state index is 2.33. The third-order valence-corrected chi connectivity index (χ3v) is 5.11. The SMILES string of the molecule is Cc1ccc2c3c4c(ccc3n(C)c2c1)-c1ccccc1C4. The highest BCUT2D eigenvalue weighted by Crippen LogP contribution is 2.43. The van der Waals surface area contributed by atoms with E-state index in [2.05, 4.69) is 73.1 Å². The van der Waals surface area contributed by atoms with Gasteiger partial charge in [0.2, 0.25) is 0 Å². The van der Waals surface area contributed by atoms with Gasteiger partial charge in [-0.05, 0) is 53.3 Å². The minimum Gasteiger partial charge on any atom is -0.344 e. The summed E-state index contributed by atoms with van der Waals surface area (Å²) in [7, 11) is 2.18. The Morgan fingerprint density at radius 3 is 2.64 bits per heavy atom. The van der Waals surface area contributed by atoms with Gasteiger partial charge in [0.05, 0.1) is 0 Å². The number of hydrogen-bond donors (Lipinski definition) is 0. The van der Waals surface area contributed by atoms with E-state index < -0.39 is 0 Å². The first kappa shape index (κ1) is 12.0. The fourth-order valence-corrected chi connectivity index (χ4v) is 4.04. The Balaban J connectivity index is 1.97. The molecule has 4 aromatic rings. The van der Waals surface area contributed by atoms with Crippen LogP contribution in [0.2, 0.25) is 0 Å².